The zero-order valence-corrected chi connectivity index (χ0v) is 12.5. The number of ether oxygens (including phenoxy) is 2. The van der Waals surface area contributed by atoms with E-state index in [9.17, 15) is 4.79 Å². The summed E-state index contributed by atoms with van der Waals surface area (Å²) >= 11 is 3.38. The second kappa shape index (κ2) is 5.48. The summed E-state index contributed by atoms with van der Waals surface area (Å²) in [5.41, 5.74) is 5.93. The molecule has 1 heterocycles. The fourth-order valence-electron chi connectivity index (χ4n) is 1.94. The lowest BCUT2D eigenvalue weighted by atomic mass is 9.85. The van der Waals surface area contributed by atoms with Gasteiger partial charge in [0, 0.05) is 11.7 Å². The third-order valence-electron chi connectivity index (χ3n) is 3.45. The average molecular weight is 329 g/mol. The number of anilines is 1. The number of benzene rings is 1. The van der Waals surface area contributed by atoms with Gasteiger partial charge in [0.25, 0.3) is 0 Å². The fourth-order valence-corrected chi connectivity index (χ4v) is 2.48. The van der Waals surface area contributed by atoms with E-state index in [2.05, 4.69) is 21.2 Å². The number of amides is 1. The maximum Gasteiger partial charge on any atom is 0.234 e. The fraction of sp³-hybridized carbons (Fsp3) is 0.462. The highest BCUT2D eigenvalue weighted by Gasteiger charge is 2.44. The Morgan fingerprint density at radius 3 is 2.89 bits per heavy atom. The number of nitrogens with one attached hydrogen (secondary N) is 1. The summed E-state index contributed by atoms with van der Waals surface area (Å²) in [6.07, 6.45) is 0. The summed E-state index contributed by atoms with van der Waals surface area (Å²) in [5, 5.41) is 2.86. The SMILES string of the molecule is COc1ccc(NC(=O)C2(C)COCC2N)cc1Br. The van der Waals surface area contributed by atoms with Crippen molar-refractivity contribution in [2.45, 2.75) is 13.0 Å². The van der Waals surface area contributed by atoms with Crippen molar-refractivity contribution in [2.75, 3.05) is 25.6 Å². The lowest BCUT2D eigenvalue weighted by molar-refractivity contribution is -0.125. The highest BCUT2D eigenvalue weighted by Crippen LogP contribution is 2.31. The highest BCUT2D eigenvalue weighted by molar-refractivity contribution is 9.10. The van der Waals surface area contributed by atoms with Crippen LogP contribution < -0.4 is 15.8 Å². The molecule has 0 saturated carbocycles. The van der Waals surface area contributed by atoms with Gasteiger partial charge in [-0.15, -0.1) is 0 Å². The molecule has 19 heavy (non-hydrogen) atoms. The van der Waals surface area contributed by atoms with Crippen LogP contribution in [-0.4, -0.2) is 32.3 Å². The van der Waals surface area contributed by atoms with Crippen LogP contribution in [0.5, 0.6) is 5.75 Å². The first-order valence-corrected chi connectivity index (χ1v) is 6.75. The van der Waals surface area contributed by atoms with Gasteiger partial charge in [-0.25, -0.2) is 0 Å². The van der Waals surface area contributed by atoms with E-state index in [4.69, 9.17) is 15.2 Å². The van der Waals surface area contributed by atoms with Crippen LogP contribution in [0.15, 0.2) is 22.7 Å². The number of halogens is 1. The number of hydrogen-bond acceptors (Lipinski definition) is 4. The Morgan fingerprint density at radius 1 is 1.63 bits per heavy atom. The quantitative estimate of drug-likeness (QED) is 0.886. The molecular weight excluding hydrogens is 312 g/mol. The van der Waals surface area contributed by atoms with Crippen molar-refractivity contribution in [3.63, 3.8) is 0 Å². The summed E-state index contributed by atoms with van der Waals surface area (Å²) in [7, 11) is 1.59. The molecule has 3 N–H and O–H groups in total. The van der Waals surface area contributed by atoms with Gasteiger partial charge >= 0.3 is 0 Å². The van der Waals surface area contributed by atoms with Gasteiger partial charge in [0.2, 0.25) is 5.91 Å². The normalized spacial score (nSPS) is 26.2. The molecular formula is C13H17BrN2O3. The molecule has 2 unspecified atom stereocenters. The van der Waals surface area contributed by atoms with Crippen LogP contribution >= 0.6 is 15.9 Å². The number of carbonyl (C=O) groups is 1. The maximum atomic E-state index is 12.3. The first-order valence-electron chi connectivity index (χ1n) is 5.95. The van der Waals surface area contributed by atoms with Crippen LogP contribution in [-0.2, 0) is 9.53 Å². The Kier molecular flexibility index (Phi) is 4.13. The molecule has 0 aromatic heterocycles. The third kappa shape index (κ3) is 2.75. The highest BCUT2D eigenvalue weighted by atomic mass is 79.9. The van der Waals surface area contributed by atoms with Crippen LogP contribution in [0.2, 0.25) is 0 Å². The third-order valence-corrected chi connectivity index (χ3v) is 4.07. The van der Waals surface area contributed by atoms with Crippen LogP contribution in [0, 0.1) is 5.41 Å². The Labute approximate surface area is 120 Å². The number of rotatable bonds is 3. The second-order valence-electron chi connectivity index (χ2n) is 4.84. The van der Waals surface area contributed by atoms with Crippen LogP contribution in [0.25, 0.3) is 0 Å². The minimum Gasteiger partial charge on any atom is -0.496 e. The second-order valence-corrected chi connectivity index (χ2v) is 5.70. The number of carbonyl (C=O) groups excluding carboxylic acids is 1. The molecule has 1 saturated heterocycles. The van der Waals surface area contributed by atoms with Crippen LogP contribution in [0.3, 0.4) is 0 Å². The van der Waals surface area contributed by atoms with Crippen LogP contribution in [0.1, 0.15) is 6.92 Å². The lowest BCUT2D eigenvalue weighted by Gasteiger charge is -2.25. The average Bonchev–Trinajstić information content (AvgIpc) is 2.71. The zero-order chi connectivity index (χ0) is 14.0. The first-order chi connectivity index (χ1) is 8.97. The first kappa shape index (κ1) is 14.3. The predicted octanol–water partition coefficient (Wildman–Crippen LogP) is 1.76. The molecule has 6 heteroatoms. The maximum absolute atomic E-state index is 12.3. The minimum absolute atomic E-state index is 0.130. The van der Waals surface area contributed by atoms with E-state index in [1.165, 1.54) is 0 Å². The molecule has 104 valence electrons. The van der Waals surface area contributed by atoms with Gasteiger partial charge in [-0.2, -0.15) is 0 Å². The van der Waals surface area contributed by atoms with Crippen molar-refractivity contribution in [1.29, 1.82) is 0 Å². The van der Waals surface area contributed by atoms with E-state index < -0.39 is 5.41 Å². The van der Waals surface area contributed by atoms with Crippen molar-refractivity contribution in [2.24, 2.45) is 11.1 Å². The summed E-state index contributed by atoms with van der Waals surface area (Å²) in [6, 6.07) is 5.08. The van der Waals surface area contributed by atoms with Gasteiger partial charge < -0.3 is 20.5 Å². The van der Waals surface area contributed by atoms with Crippen molar-refractivity contribution in [3.8, 4) is 5.75 Å². The standard InChI is InChI=1S/C13H17BrN2O3/c1-13(7-19-6-11(13)15)12(17)16-8-3-4-10(18-2)9(14)5-8/h3-5,11H,6-7,15H2,1-2H3,(H,16,17). The Morgan fingerprint density at radius 2 is 2.37 bits per heavy atom. The summed E-state index contributed by atoms with van der Waals surface area (Å²) in [5.74, 6) is 0.583. The largest absolute Gasteiger partial charge is 0.496 e. The Balaban J connectivity index is 2.13. The van der Waals surface area contributed by atoms with E-state index in [1.54, 1.807) is 25.3 Å². The molecule has 0 radical (unpaired) electrons. The topological polar surface area (TPSA) is 73.6 Å². The molecule has 0 bridgehead atoms. The molecule has 1 aromatic carbocycles. The molecule has 1 aliphatic heterocycles. The molecule has 5 nitrogen and oxygen atoms in total. The molecule has 2 atom stereocenters. The van der Waals surface area contributed by atoms with E-state index in [0.29, 0.717) is 24.7 Å². The van der Waals surface area contributed by atoms with E-state index >= 15 is 0 Å². The molecule has 1 aromatic rings. The summed E-state index contributed by atoms with van der Waals surface area (Å²) < 4.78 is 11.2. The number of nitrogens with two attached hydrogens (primary N) is 1. The zero-order valence-electron chi connectivity index (χ0n) is 10.9. The van der Waals surface area contributed by atoms with E-state index in [0.717, 1.165) is 4.47 Å². The van der Waals surface area contributed by atoms with Gasteiger partial charge in [0.1, 0.15) is 5.75 Å². The Hall–Kier alpha value is -1.11. The molecule has 1 aliphatic rings. The molecule has 0 spiro atoms. The number of methoxy groups -OCH3 is 1. The summed E-state index contributed by atoms with van der Waals surface area (Å²) in [4.78, 5) is 12.3. The summed E-state index contributed by atoms with van der Waals surface area (Å²) in [6.45, 7) is 2.58. The number of hydrogen-bond donors (Lipinski definition) is 2. The van der Waals surface area contributed by atoms with Crippen molar-refractivity contribution in [1.82, 2.24) is 0 Å². The van der Waals surface area contributed by atoms with Crippen molar-refractivity contribution < 1.29 is 14.3 Å². The van der Waals surface area contributed by atoms with Gasteiger partial charge in [-0.05, 0) is 41.1 Å². The van der Waals surface area contributed by atoms with Crippen molar-refractivity contribution in [3.05, 3.63) is 22.7 Å². The molecule has 1 amide bonds. The molecule has 2 rings (SSSR count). The monoisotopic (exact) mass is 328 g/mol. The van der Waals surface area contributed by atoms with E-state index in [1.807, 2.05) is 6.92 Å². The Bertz CT molecular complexity index is 495. The van der Waals surface area contributed by atoms with Crippen molar-refractivity contribution >= 4 is 27.5 Å². The van der Waals surface area contributed by atoms with Gasteiger partial charge in [-0.1, -0.05) is 0 Å². The molecule has 1 fully saturated rings. The predicted molar refractivity (Wildman–Crippen MR) is 76.2 cm³/mol. The van der Waals surface area contributed by atoms with Gasteiger partial charge in [-0.3, -0.25) is 4.79 Å². The smallest absolute Gasteiger partial charge is 0.234 e. The van der Waals surface area contributed by atoms with Crippen LogP contribution in [0.4, 0.5) is 5.69 Å². The lowest BCUT2D eigenvalue weighted by Crippen LogP contribution is -2.47. The molecule has 0 aliphatic carbocycles. The van der Waals surface area contributed by atoms with E-state index in [-0.39, 0.29) is 11.9 Å². The minimum atomic E-state index is -0.688. The van der Waals surface area contributed by atoms with Gasteiger partial charge in [0.15, 0.2) is 0 Å². The van der Waals surface area contributed by atoms with Gasteiger partial charge in [0.05, 0.1) is 30.2 Å².